The van der Waals surface area contributed by atoms with Gasteiger partial charge in [0, 0.05) is 22.2 Å². The van der Waals surface area contributed by atoms with Gasteiger partial charge in [-0.15, -0.1) is 0 Å². The SMILES string of the molecule is O=C(NCc1cc(-c2ccc(Cl)cc2)on1)c1ccc(F)cc1. The summed E-state index contributed by atoms with van der Waals surface area (Å²) in [5.41, 5.74) is 1.82. The van der Waals surface area contributed by atoms with Crippen molar-refractivity contribution in [2.45, 2.75) is 6.54 Å². The van der Waals surface area contributed by atoms with E-state index < -0.39 is 0 Å². The second-order valence-corrected chi connectivity index (χ2v) is 5.32. The van der Waals surface area contributed by atoms with E-state index in [0.717, 1.165) is 5.56 Å². The molecule has 0 saturated heterocycles. The van der Waals surface area contributed by atoms with E-state index >= 15 is 0 Å². The topological polar surface area (TPSA) is 55.1 Å². The highest BCUT2D eigenvalue weighted by atomic mass is 35.5. The van der Waals surface area contributed by atoms with Gasteiger partial charge in [-0.3, -0.25) is 4.79 Å². The van der Waals surface area contributed by atoms with Crippen molar-refractivity contribution in [2.24, 2.45) is 0 Å². The number of nitrogens with one attached hydrogen (secondary N) is 1. The molecule has 0 radical (unpaired) electrons. The molecular weight excluding hydrogens is 319 g/mol. The van der Waals surface area contributed by atoms with Crippen LogP contribution >= 0.6 is 11.6 Å². The van der Waals surface area contributed by atoms with E-state index in [-0.39, 0.29) is 18.3 Å². The molecule has 0 spiro atoms. The van der Waals surface area contributed by atoms with E-state index in [2.05, 4.69) is 10.5 Å². The van der Waals surface area contributed by atoms with Crippen molar-refractivity contribution in [3.63, 3.8) is 0 Å². The fourth-order valence-corrected chi connectivity index (χ4v) is 2.15. The summed E-state index contributed by atoms with van der Waals surface area (Å²) in [7, 11) is 0. The summed E-state index contributed by atoms with van der Waals surface area (Å²) in [6, 6.07) is 14.2. The second-order valence-electron chi connectivity index (χ2n) is 4.88. The van der Waals surface area contributed by atoms with Crippen molar-refractivity contribution in [2.75, 3.05) is 0 Å². The summed E-state index contributed by atoms with van der Waals surface area (Å²) in [5, 5.41) is 7.25. The van der Waals surface area contributed by atoms with Gasteiger partial charge in [0.2, 0.25) is 0 Å². The van der Waals surface area contributed by atoms with Crippen LogP contribution in [-0.2, 0) is 6.54 Å². The lowest BCUT2D eigenvalue weighted by molar-refractivity contribution is 0.0950. The van der Waals surface area contributed by atoms with Gasteiger partial charge in [0.05, 0.1) is 6.54 Å². The van der Waals surface area contributed by atoms with Crippen LogP contribution in [0.15, 0.2) is 59.1 Å². The molecular formula is C17H12ClFN2O2. The summed E-state index contributed by atoms with van der Waals surface area (Å²) in [5.74, 6) is -0.0978. The molecule has 1 heterocycles. The number of benzene rings is 2. The van der Waals surface area contributed by atoms with Crippen LogP contribution in [0.5, 0.6) is 0 Å². The van der Waals surface area contributed by atoms with Crippen molar-refractivity contribution in [1.29, 1.82) is 0 Å². The first-order chi connectivity index (χ1) is 11.1. The lowest BCUT2D eigenvalue weighted by Crippen LogP contribution is -2.22. The molecule has 116 valence electrons. The average molecular weight is 331 g/mol. The maximum absolute atomic E-state index is 12.8. The quantitative estimate of drug-likeness (QED) is 0.784. The van der Waals surface area contributed by atoms with Crippen molar-refractivity contribution >= 4 is 17.5 Å². The van der Waals surface area contributed by atoms with Crippen LogP contribution in [0.25, 0.3) is 11.3 Å². The van der Waals surface area contributed by atoms with Gasteiger partial charge >= 0.3 is 0 Å². The van der Waals surface area contributed by atoms with Gasteiger partial charge in [0.1, 0.15) is 11.5 Å². The van der Waals surface area contributed by atoms with Crippen LogP contribution in [-0.4, -0.2) is 11.1 Å². The lowest BCUT2D eigenvalue weighted by Gasteiger charge is -2.02. The Morgan fingerprint density at radius 3 is 2.52 bits per heavy atom. The number of hydrogen-bond acceptors (Lipinski definition) is 3. The first-order valence-corrected chi connectivity index (χ1v) is 7.25. The summed E-state index contributed by atoms with van der Waals surface area (Å²) < 4.78 is 18.1. The molecule has 23 heavy (non-hydrogen) atoms. The van der Waals surface area contributed by atoms with Gasteiger partial charge in [-0.2, -0.15) is 0 Å². The standard InChI is InChI=1S/C17H12ClFN2O2/c18-13-5-1-11(2-6-13)16-9-15(21-23-16)10-20-17(22)12-3-7-14(19)8-4-12/h1-9H,10H2,(H,20,22). The Morgan fingerprint density at radius 2 is 1.83 bits per heavy atom. The average Bonchev–Trinajstić information content (AvgIpc) is 3.03. The first-order valence-electron chi connectivity index (χ1n) is 6.87. The smallest absolute Gasteiger partial charge is 0.251 e. The number of carbonyl (C=O) groups is 1. The minimum atomic E-state index is -0.384. The number of halogens is 2. The fourth-order valence-electron chi connectivity index (χ4n) is 2.02. The van der Waals surface area contributed by atoms with Crippen LogP contribution in [0, 0.1) is 5.82 Å². The lowest BCUT2D eigenvalue weighted by atomic mass is 10.1. The van der Waals surface area contributed by atoms with E-state index in [1.165, 1.54) is 24.3 Å². The maximum atomic E-state index is 12.8. The monoisotopic (exact) mass is 330 g/mol. The van der Waals surface area contributed by atoms with E-state index in [4.69, 9.17) is 16.1 Å². The Labute approximate surface area is 136 Å². The summed E-state index contributed by atoms with van der Waals surface area (Å²) >= 11 is 5.84. The molecule has 1 N–H and O–H groups in total. The van der Waals surface area contributed by atoms with Gasteiger partial charge < -0.3 is 9.84 Å². The van der Waals surface area contributed by atoms with Gasteiger partial charge in [-0.05, 0) is 48.5 Å². The van der Waals surface area contributed by atoms with Crippen LogP contribution in [0.3, 0.4) is 0 Å². The normalized spacial score (nSPS) is 10.5. The second kappa shape index (κ2) is 6.62. The Kier molecular flexibility index (Phi) is 4.39. The molecule has 0 aliphatic heterocycles. The van der Waals surface area contributed by atoms with Crippen LogP contribution in [0.4, 0.5) is 4.39 Å². The molecule has 0 unspecified atom stereocenters. The Bertz CT molecular complexity index is 813. The zero-order chi connectivity index (χ0) is 16.2. The largest absolute Gasteiger partial charge is 0.356 e. The number of nitrogens with zero attached hydrogens (tertiary/aromatic N) is 1. The molecule has 3 aromatic rings. The molecule has 4 nitrogen and oxygen atoms in total. The van der Waals surface area contributed by atoms with Gasteiger partial charge in [-0.1, -0.05) is 16.8 Å². The highest BCUT2D eigenvalue weighted by Crippen LogP contribution is 2.22. The number of amides is 1. The fraction of sp³-hybridized carbons (Fsp3) is 0.0588. The summed E-state index contributed by atoms with van der Waals surface area (Å²) in [6.07, 6.45) is 0. The molecule has 0 aliphatic carbocycles. The molecule has 2 aromatic carbocycles. The first kappa shape index (κ1) is 15.2. The van der Waals surface area contributed by atoms with Crippen LogP contribution in [0.1, 0.15) is 16.1 Å². The van der Waals surface area contributed by atoms with Crippen LogP contribution in [0.2, 0.25) is 5.02 Å². The molecule has 0 aliphatic rings. The summed E-state index contributed by atoms with van der Waals surface area (Å²) in [4.78, 5) is 11.9. The molecule has 0 saturated carbocycles. The van der Waals surface area contributed by atoms with Crippen molar-refractivity contribution in [1.82, 2.24) is 10.5 Å². The zero-order valence-electron chi connectivity index (χ0n) is 11.9. The van der Waals surface area contributed by atoms with Gasteiger partial charge in [0.15, 0.2) is 5.76 Å². The minimum Gasteiger partial charge on any atom is -0.356 e. The molecule has 3 rings (SSSR count). The predicted octanol–water partition coefficient (Wildman–Crippen LogP) is 4.06. The molecule has 1 amide bonds. The van der Waals surface area contributed by atoms with Crippen molar-refractivity contribution in [3.05, 3.63) is 76.7 Å². The highest BCUT2D eigenvalue weighted by molar-refractivity contribution is 6.30. The minimum absolute atomic E-state index is 0.216. The van der Waals surface area contributed by atoms with E-state index in [1.807, 2.05) is 12.1 Å². The van der Waals surface area contributed by atoms with E-state index in [0.29, 0.717) is 22.0 Å². The van der Waals surface area contributed by atoms with Gasteiger partial charge in [-0.25, -0.2) is 4.39 Å². The Balaban J connectivity index is 1.64. The number of aromatic nitrogens is 1. The Hall–Kier alpha value is -2.66. The third-order valence-electron chi connectivity index (χ3n) is 3.22. The number of hydrogen-bond donors (Lipinski definition) is 1. The van der Waals surface area contributed by atoms with Crippen LogP contribution < -0.4 is 5.32 Å². The molecule has 0 bridgehead atoms. The molecule has 1 aromatic heterocycles. The molecule has 0 atom stereocenters. The van der Waals surface area contributed by atoms with E-state index in [9.17, 15) is 9.18 Å². The number of carbonyl (C=O) groups excluding carboxylic acids is 1. The third kappa shape index (κ3) is 3.76. The van der Waals surface area contributed by atoms with Gasteiger partial charge in [0.25, 0.3) is 5.91 Å². The highest BCUT2D eigenvalue weighted by Gasteiger charge is 2.09. The zero-order valence-corrected chi connectivity index (χ0v) is 12.7. The molecule has 6 heteroatoms. The Morgan fingerprint density at radius 1 is 1.13 bits per heavy atom. The predicted molar refractivity (Wildman–Crippen MR) is 84.5 cm³/mol. The maximum Gasteiger partial charge on any atom is 0.251 e. The van der Waals surface area contributed by atoms with Crippen molar-refractivity contribution < 1.29 is 13.7 Å². The third-order valence-corrected chi connectivity index (χ3v) is 3.48. The number of rotatable bonds is 4. The van der Waals surface area contributed by atoms with E-state index in [1.54, 1.807) is 18.2 Å². The molecule has 0 fully saturated rings. The van der Waals surface area contributed by atoms with Crippen molar-refractivity contribution in [3.8, 4) is 11.3 Å². The summed E-state index contributed by atoms with van der Waals surface area (Å²) in [6.45, 7) is 0.216.